The maximum Gasteiger partial charge on any atom is 0.311 e. The van der Waals surface area contributed by atoms with Crippen molar-refractivity contribution in [2.24, 2.45) is 17.3 Å². The second kappa shape index (κ2) is 7.22. The quantitative estimate of drug-likeness (QED) is 0.337. The Bertz CT molecular complexity index is 738. The van der Waals surface area contributed by atoms with Crippen LogP contribution in [0, 0.1) is 51.8 Å². The topological polar surface area (TPSA) is 35.5 Å². The van der Waals surface area contributed by atoms with Crippen LogP contribution in [-0.4, -0.2) is 13.1 Å². The van der Waals surface area contributed by atoms with Gasteiger partial charge in [0.05, 0.1) is 23.7 Å². The number of esters is 1. The third kappa shape index (κ3) is 3.46. The molecule has 1 fully saturated rings. The molecule has 1 aromatic rings. The molecule has 0 radical (unpaired) electrons. The third-order valence-electron chi connectivity index (χ3n) is 4.38. The summed E-state index contributed by atoms with van der Waals surface area (Å²) in [5.41, 5.74) is -2.37. The van der Waals surface area contributed by atoms with Gasteiger partial charge in [0.2, 0.25) is 0 Å². The minimum Gasteiger partial charge on any atom is -0.460 e. The molecule has 2 unspecified atom stereocenters. The van der Waals surface area contributed by atoms with E-state index in [2.05, 4.69) is 16.0 Å². The Hall–Kier alpha value is -1.78. The summed E-state index contributed by atoms with van der Waals surface area (Å²) in [6.45, 7) is 1.93. The molecule has 0 saturated heterocycles. The number of carbonyl (C=O) groups is 1. The van der Waals surface area contributed by atoms with Gasteiger partial charge in [-0.05, 0) is 17.0 Å². The van der Waals surface area contributed by atoms with Crippen LogP contribution in [0.5, 0.6) is 0 Å². The zero-order chi connectivity index (χ0) is 18.9. The largest absolute Gasteiger partial charge is 0.460 e. The predicted octanol–water partition coefficient (Wildman–Crippen LogP) is 3.90. The number of halogens is 5. The average molecular weight is 379 g/mol. The highest BCUT2D eigenvalue weighted by atomic mass is 35.5. The van der Waals surface area contributed by atoms with Crippen LogP contribution in [0.3, 0.4) is 0 Å². The molecular formula is C17H15ClF4O3. The van der Waals surface area contributed by atoms with Gasteiger partial charge in [0.1, 0.15) is 6.61 Å². The Morgan fingerprint density at radius 2 is 1.56 bits per heavy atom. The smallest absolute Gasteiger partial charge is 0.311 e. The summed E-state index contributed by atoms with van der Waals surface area (Å²) in [5, 5.41) is 2.18. The Kier molecular flexibility index (Phi) is 5.65. The van der Waals surface area contributed by atoms with Gasteiger partial charge in [-0.2, -0.15) is 0 Å². The molecule has 0 heterocycles. The standard InChI is InChI=1S/C17H15ClF4O3/c1-17(2)10(4-5-18)11(17)16(23)25-7-9-14(21)12(19)8(6-24-3)13(20)15(9)22/h10-11H,6-7H2,1-3H3. The van der Waals surface area contributed by atoms with E-state index < -0.39 is 64.9 Å². The van der Waals surface area contributed by atoms with Gasteiger partial charge in [0, 0.05) is 18.4 Å². The lowest BCUT2D eigenvalue weighted by Crippen LogP contribution is -2.15. The van der Waals surface area contributed by atoms with Crippen LogP contribution in [0.2, 0.25) is 0 Å². The van der Waals surface area contributed by atoms with Gasteiger partial charge in [-0.15, -0.1) is 0 Å². The second-order valence-corrected chi connectivity index (χ2v) is 6.46. The van der Waals surface area contributed by atoms with E-state index in [1.807, 2.05) is 0 Å². The molecule has 0 aliphatic heterocycles. The Morgan fingerprint density at radius 1 is 1.08 bits per heavy atom. The summed E-state index contributed by atoms with van der Waals surface area (Å²) in [6, 6.07) is 0. The van der Waals surface area contributed by atoms with Crippen LogP contribution >= 0.6 is 11.6 Å². The van der Waals surface area contributed by atoms with Gasteiger partial charge < -0.3 is 9.47 Å². The molecule has 25 heavy (non-hydrogen) atoms. The minimum atomic E-state index is -1.62. The van der Waals surface area contributed by atoms with E-state index in [-0.39, 0.29) is 5.92 Å². The summed E-state index contributed by atoms with van der Waals surface area (Å²) in [5.74, 6) is -5.52. The predicted molar refractivity (Wildman–Crippen MR) is 81.2 cm³/mol. The summed E-state index contributed by atoms with van der Waals surface area (Å²) >= 11 is 5.32. The van der Waals surface area contributed by atoms with Crippen molar-refractivity contribution in [2.45, 2.75) is 27.1 Å². The van der Waals surface area contributed by atoms with Crippen molar-refractivity contribution in [3.63, 3.8) is 0 Å². The lowest BCUT2D eigenvalue weighted by Gasteiger charge is -2.12. The number of hydrogen-bond donors (Lipinski definition) is 0. The maximum absolute atomic E-state index is 14.0. The van der Waals surface area contributed by atoms with Crippen LogP contribution in [0.4, 0.5) is 17.6 Å². The lowest BCUT2D eigenvalue weighted by atomic mass is 10.1. The number of benzene rings is 1. The molecule has 2 rings (SSSR count). The SMILES string of the molecule is COCc1c(F)c(F)c(COC(=O)C2C(C#CCl)C2(C)C)c(F)c1F. The highest BCUT2D eigenvalue weighted by Gasteiger charge is 2.62. The zero-order valence-corrected chi connectivity index (χ0v) is 14.4. The van der Waals surface area contributed by atoms with E-state index in [4.69, 9.17) is 16.3 Å². The van der Waals surface area contributed by atoms with Gasteiger partial charge in [-0.25, -0.2) is 17.6 Å². The Balaban J connectivity index is 2.19. The van der Waals surface area contributed by atoms with Gasteiger partial charge in [-0.3, -0.25) is 4.79 Å². The van der Waals surface area contributed by atoms with E-state index >= 15 is 0 Å². The fourth-order valence-electron chi connectivity index (χ4n) is 2.76. The molecule has 136 valence electrons. The Morgan fingerprint density at radius 3 is 2.00 bits per heavy atom. The summed E-state index contributed by atoms with van der Waals surface area (Å²) in [6.07, 6.45) is 0. The maximum atomic E-state index is 14.0. The molecule has 2 atom stereocenters. The fraction of sp³-hybridized carbons (Fsp3) is 0.471. The van der Waals surface area contributed by atoms with Crippen molar-refractivity contribution in [2.75, 3.05) is 7.11 Å². The Labute approximate surface area is 147 Å². The molecule has 0 aromatic heterocycles. The van der Waals surface area contributed by atoms with Crippen LogP contribution in [0.1, 0.15) is 25.0 Å². The van der Waals surface area contributed by atoms with Crippen LogP contribution < -0.4 is 0 Å². The third-order valence-corrected chi connectivity index (χ3v) is 4.49. The molecule has 0 bridgehead atoms. The van der Waals surface area contributed by atoms with E-state index in [0.29, 0.717) is 0 Å². The van der Waals surface area contributed by atoms with E-state index in [1.54, 1.807) is 13.8 Å². The van der Waals surface area contributed by atoms with Crippen molar-refractivity contribution in [3.05, 3.63) is 34.4 Å². The summed E-state index contributed by atoms with van der Waals surface area (Å²) < 4.78 is 65.0. The molecule has 1 aliphatic carbocycles. The van der Waals surface area contributed by atoms with Crippen molar-refractivity contribution >= 4 is 17.6 Å². The van der Waals surface area contributed by atoms with Crippen LogP contribution in [-0.2, 0) is 27.5 Å². The van der Waals surface area contributed by atoms with E-state index in [9.17, 15) is 22.4 Å². The molecule has 0 amide bonds. The van der Waals surface area contributed by atoms with Crippen molar-refractivity contribution < 1.29 is 31.8 Å². The summed E-state index contributed by atoms with van der Waals surface area (Å²) in [4.78, 5) is 12.1. The molecule has 3 nitrogen and oxygen atoms in total. The number of hydrogen-bond acceptors (Lipinski definition) is 3. The molecule has 0 spiro atoms. The van der Waals surface area contributed by atoms with Gasteiger partial charge in [0.15, 0.2) is 23.3 Å². The molecular weight excluding hydrogens is 364 g/mol. The normalized spacial score (nSPS) is 20.6. The number of ether oxygens (including phenoxy) is 2. The van der Waals surface area contributed by atoms with Crippen molar-refractivity contribution in [3.8, 4) is 11.3 Å². The molecule has 1 saturated carbocycles. The first-order valence-electron chi connectivity index (χ1n) is 7.28. The first-order valence-corrected chi connectivity index (χ1v) is 7.66. The second-order valence-electron chi connectivity index (χ2n) is 6.27. The highest BCUT2D eigenvalue weighted by Crippen LogP contribution is 2.58. The number of carbonyl (C=O) groups excluding carboxylic acids is 1. The minimum absolute atomic E-state index is 0.357. The fourth-order valence-corrected chi connectivity index (χ4v) is 2.88. The van der Waals surface area contributed by atoms with Gasteiger partial charge in [0.25, 0.3) is 0 Å². The van der Waals surface area contributed by atoms with E-state index in [0.717, 1.165) is 7.11 Å². The number of rotatable bonds is 5. The first kappa shape index (κ1) is 19.5. The summed E-state index contributed by atoms with van der Waals surface area (Å²) in [7, 11) is 1.13. The van der Waals surface area contributed by atoms with Crippen LogP contribution in [0.15, 0.2) is 0 Å². The molecule has 1 aromatic carbocycles. The lowest BCUT2D eigenvalue weighted by molar-refractivity contribution is -0.147. The molecule has 8 heteroatoms. The molecule has 0 N–H and O–H groups in total. The number of methoxy groups -OCH3 is 1. The molecule has 1 aliphatic rings. The van der Waals surface area contributed by atoms with Gasteiger partial charge >= 0.3 is 5.97 Å². The first-order chi connectivity index (χ1) is 11.7. The monoisotopic (exact) mass is 378 g/mol. The van der Waals surface area contributed by atoms with Crippen molar-refractivity contribution in [1.82, 2.24) is 0 Å². The van der Waals surface area contributed by atoms with Gasteiger partial charge in [-0.1, -0.05) is 19.8 Å². The van der Waals surface area contributed by atoms with Crippen molar-refractivity contribution in [1.29, 1.82) is 0 Å². The average Bonchev–Trinajstić information content (AvgIpc) is 3.10. The highest BCUT2D eigenvalue weighted by molar-refractivity contribution is 6.30. The van der Waals surface area contributed by atoms with Crippen LogP contribution in [0.25, 0.3) is 0 Å². The zero-order valence-electron chi connectivity index (χ0n) is 13.7. The van der Waals surface area contributed by atoms with E-state index in [1.165, 1.54) is 0 Å².